The molecule has 24 heavy (non-hydrogen) atoms. The number of hydrogen-bond acceptors (Lipinski definition) is 6. The number of aliphatic carboxylic acids is 2. The lowest BCUT2D eigenvalue weighted by Gasteiger charge is -2.09. The zero-order valence-electron chi connectivity index (χ0n) is 13.3. The lowest BCUT2D eigenvalue weighted by atomic mass is 10.2. The number of primary amides is 1. The van der Waals surface area contributed by atoms with E-state index in [1.54, 1.807) is 0 Å². The minimum absolute atomic E-state index is 0.0129. The fourth-order valence-electron chi connectivity index (χ4n) is 1.29. The SMILES string of the molecule is CC(=O)N[C@@H](CC(N)=O)C(=O)O.NC(N)=NCCC[C@H](N)C(=O)O. The summed E-state index contributed by atoms with van der Waals surface area (Å²) in [6.45, 7) is 1.58. The predicted octanol–water partition coefficient (Wildman–Crippen LogP) is -3.10. The zero-order valence-corrected chi connectivity index (χ0v) is 13.3. The number of nitrogens with one attached hydrogen (secondary N) is 1. The summed E-state index contributed by atoms with van der Waals surface area (Å²) in [7, 11) is 0. The summed E-state index contributed by atoms with van der Waals surface area (Å²) < 4.78 is 0. The fourth-order valence-corrected chi connectivity index (χ4v) is 1.29. The number of carboxylic acid groups (broad SMARTS) is 2. The maximum Gasteiger partial charge on any atom is 0.326 e. The molecule has 0 aliphatic carbocycles. The number of nitrogens with two attached hydrogens (primary N) is 4. The monoisotopic (exact) mass is 348 g/mol. The smallest absolute Gasteiger partial charge is 0.326 e. The van der Waals surface area contributed by atoms with Crippen molar-refractivity contribution in [3.63, 3.8) is 0 Å². The van der Waals surface area contributed by atoms with E-state index in [9.17, 15) is 19.2 Å². The number of carboxylic acids is 2. The van der Waals surface area contributed by atoms with Gasteiger partial charge in [0.25, 0.3) is 0 Å². The summed E-state index contributed by atoms with van der Waals surface area (Å²) in [5, 5.41) is 18.9. The molecule has 0 spiro atoms. The normalized spacial score (nSPS) is 11.9. The summed E-state index contributed by atoms with van der Waals surface area (Å²) in [5.41, 5.74) is 20.1. The first kappa shape index (κ1) is 23.4. The third-order valence-corrected chi connectivity index (χ3v) is 2.37. The number of hydrogen-bond donors (Lipinski definition) is 7. The summed E-state index contributed by atoms with van der Waals surface area (Å²) in [5.74, 6) is -3.54. The molecule has 11 N–H and O–H groups in total. The van der Waals surface area contributed by atoms with E-state index in [-0.39, 0.29) is 5.96 Å². The Morgan fingerprint density at radius 3 is 1.96 bits per heavy atom. The molecule has 0 aliphatic rings. The van der Waals surface area contributed by atoms with Crippen LogP contribution in [0.25, 0.3) is 0 Å². The highest BCUT2D eigenvalue weighted by molar-refractivity contribution is 5.87. The highest BCUT2D eigenvalue weighted by atomic mass is 16.4. The molecule has 0 saturated carbocycles. The molecule has 0 aromatic heterocycles. The first-order valence-electron chi connectivity index (χ1n) is 6.79. The van der Waals surface area contributed by atoms with Crippen LogP contribution in [0.15, 0.2) is 4.99 Å². The number of rotatable bonds is 9. The fraction of sp³-hybridized carbons (Fsp3) is 0.583. The van der Waals surface area contributed by atoms with Crippen LogP contribution in [0, 0.1) is 0 Å². The predicted molar refractivity (Wildman–Crippen MR) is 84.6 cm³/mol. The quantitative estimate of drug-likeness (QED) is 0.127. The second kappa shape index (κ2) is 12.6. The van der Waals surface area contributed by atoms with Crippen molar-refractivity contribution in [2.45, 2.75) is 38.3 Å². The Balaban J connectivity index is 0. The minimum atomic E-state index is -1.27. The largest absolute Gasteiger partial charge is 0.480 e. The third-order valence-electron chi connectivity index (χ3n) is 2.37. The van der Waals surface area contributed by atoms with Crippen LogP contribution in [-0.2, 0) is 19.2 Å². The molecule has 0 radical (unpaired) electrons. The Bertz CT molecular complexity index is 461. The number of carbonyl (C=O) groups excluding carboxylic acids is 2. The van der Waals surface area contributed by atoms with Crippen LogP contribution in [0.3, 0.4) is 0 Å². The van der Waals surface area contributed by atoms with Crippen LogP contribution >= 0.6 is 0 Å². The van der Waals surface area contributed by atoms with Crippen LogP contribution in [0.1, 0.15) is 26.2 Å². The molecule has 0 unspecified atom stereocenters. The van der Waals surface area contributed by atoms with Crippen molar-refractivity contribution in [3.05, 3.63) is 0 Å². The van der Waals surface area contributed by atoms with E-state index in [0.29, 0.717) is 19.4 Å². The van der Waals surface area contributed by atoms with Gasteiger partial charge < -0.3 is 38.5 Å². The average molecular weight is 348 g/mol. The average Bonchev–Trinajstić information content (AvgIpc) is 2.41. The molecule has 12 heteroatoms. The topological polar surface area (TPSA) is 237 Å². The highest BCUT2D eigenvalue weighted by Crippen LogP contribution is 1.94. The van der Waals surface area contributed by atoms with E-state index in [4.69, 9.17) is 33.1 Å². The number of nitrogens with zero attached hydrogens (tertiary/aromatic N) is 1. The summed E-state index contributed by atoms with van der Waals surface area (Å²) in [4.78, 5) is 45.0. The molecule has 0 rings (SSSR count). The molecule has 2 atom stereocenters. The van der Waals surface area contributed by atoms with Gasteiger partial charge in [-0.15, -0.1) is 0 Å². The number of aliphatic imine (C=N–C) groups is 1. The molecule has 12 nitrogen and oxygen atoms in total. The van der Waals surface area contributed by atoms with Gasteiger partial charge in [0.15, 0.2) is 5.96 Å². The Morgan fingerprint density at radius 2 is 1.62 bits per heavy atom. The molecule has 0 aromatic rings. The zero-order chi connectivity index (χ0) is 19.3. The van der Waals surface area contributed by atoms with Crippen LogP contribution in [0.5, 0.6) is 0 Å². The van der Waals surface area contributed by atoms with Crippen molar-refractivity contribution >= 4 is 29.7 Å². The minimum Gasteiger partial charge on any atom is -0.480 e. The lowest BCUT2D eigenvalue weighted by Crippen LogP contribution is -2.42. The van der Waals surface area contributed by atoms with Crippen LogP contribution in [0.4, 0.5) is 0 Å². The molecule has 0 fully saturated rings. The maximum absolute atomic E-state index is 10.4. The first-order chi connectivity index (χ1) is 11.0. The van der Waals surface area contributed by atoms with E-state index < -0.39 is 42.3 Å². The van der Waals surface area contributed by atoms with E-state index >= 15 is 0 Å². The molecule has 0 heterocycles. The maximum atomic E-state index is 10.4. The van der Waals surface area contributed by atoms with E-state index in [1.807, 2.05) is 0 Å². The van der Waals surface area contributed by atoms with Gasteiger partial charge in [0.1, 0.15) is 12.1 Å². The van der Waals surface area contributed by atoms with Crippen molar-refractivity contribution < 1.29 is 29.4 Å². The van der Waals surface area contributed by atoms with Gasteiger partial charge >= 0.3 is 11.9 Å². The van der Waals surface area contributed by atoms with Gasteiger partial charge in [-0.1, -0.05) is 0 Å². The van der Waals surface area contributed by atoms with E-state index in [1.165, 1.54) is 0 Å². The van der Waals surface area contributed by atoms with Gasteiger partial charge in [-0.25, -0.2) is 4.79 Å². The third kappa shape index (κ3) is 15.5. The molecular formula is C12H24N6O6. The van der Waals surface area contributed by atoms with Gasteiger partial charge in [-0.2, -0.15) is 0 Å². The molecule has 0 bridgehead atoms. The van der Waals surface area contributed by atoms with Crippen LogP contribution < -0.4 is 28.3 Å². The Morgan fingerprint density at radius 1 is 1.08 bits per heavy atom. The summed E-state index contributed by atoms with van der Waals surface area (Å²) >= 11 is 0. The number of carbonyl (C=O) groups is 4. The van der Waals surface area contributed by atoms with E-state index in [2.05, 4.69) is 10.3 Å². The molecule has 0 saturated heterocycles. The van der Waals surface area contributed by atoms with Gasteiger partial charge in [-0.3, -0.25) is 19.4 Å². The molecule has 138 valence electrons. The standard InChI is InChI=1S/C6H14N4O2.C6H10N2O4/c7-4(5(11)12)2-1-3-10-6(8)9;1-3(9)8-4(6(11)12)2-5(7)10/h4H,1-3,7H2,(H,11,12)(H4,8,9,10);4H,2H2,1H3,(H2,7,10)(H,8,9)(H,11,12)/t2*4-/m00/s1. The highest BCUT2D eigenvalue weighted by Gasteiger charge is 2.20. The Hall–Kier alpha value is -2.89. The second-order valence-corrected chi connectivity index (χ2v) is 4.66. The first-order valence-corrected chi connectivity index (χ1v) is 6.79. The lowest BCUT2D eigenvalue weighted by molar-refractivity contribution is -0.143. The molecular weight excluding hydrogens is 324 g/mol. The molecule has 2 amide bonds. The second-order valence-electron chi connectivity index (χ2n) is 4.66. The Labute approximate surface area is 138 Å². The van der Waals surface area contributed by atoms with Crippen molar-refractivity contribution in [2.75, 3.05) is 6.54 Å². The van der Waals surface area contributed by atoms with Crippen LogP contribution in [0.2, 0.25) is 0 Å². The van der Waals surface area contributed by atoms with Gasteiger partial charge in [0.05, 0.1) is 6.42 Å². The van der Waals surface area contributed by atoms with E-state index in [0.717, 1.165) is 6.92 Å². The number of guanidine groups is 1. The molecule has 0 aromatic carbocycles. The van der Waals surface area contributed by atoms with Crippen molar-refractivity contribution in [2.24, 2.45) is 27.9 Å². The van der Waals surface area contributed by atoms with Crippen molar-refractivity contribution in [1.29, 1.82) is 0 Å². The summed E-state index contributed by atoms with van der Waals surface area (Å²) in [6, 6.07) is -2.04. The van der Waals surface area contributed by atoms with Gasteiger partial charge in [0, 0.05) is 13.5 Å². The van der Waals surface area contributed by atoms with Gasteiger partial charge in [-0.05, 0) is 12.8 Å². The van der Waals surface area contributed by atoms with Crippen molar-refractivity contribution in [1.82, 2.24) is 5.32 Å². The number of amides is 2. The van der Waals surface area contributed by atoms with Crippen molar-refractivity contribution in [3.8, 4) is 0 Å². The Kier molecular flexibility index (Phi) is 12.3. The molecule has 0 aliphatic heterocycles. The van der Waals surface area contributed by atoms with Crippen LogP contribution in [-0.4, -0.2) is 58.6 Å². The summed E-state index contributed by atoms with van der Waals surface area (Å²) in [6.07, 6.45) is 0.562. The van der Waals surface area contributed by atoms with Gasteiger partial charge in [0.2, 0.25) is 11.8 Å².